The Hall–Kier alpha value is -6.65. The van der Waals surface area contributed by atoms with Gasteiger partial charge >= 0.3 is 0 Å². The Morgan fingerprint density at radius 1 is 0.327 bits per heavy atom. The Kier molecular flexibility index (Phi) is 6.15. The van der Waals surface area contributed by atoms with Crippen LogP contribution in [0.2, 0.25) is 0 Å². The molecule has 4 nitrogen and oxygen atoms in total. The Balaban J connectivity index is 1.24. The third kappa shape index (κ3) is 4.42. The summed E-state index contributed by atoms with van der Waals surface area (Å²) in [7, 11) is 0. The van der Waals surface area contributed by atoms with E-state index in [2.05, 4.69) is 115 Å². The van der Waals surface area contributed by atoms with Gasteiger partial charge in [-0.25, -0.2) is 15.0 Å². The number of fused-ring (bicyclic) bond motifs is 9. The molecule has 10 rings (SSSR count). The normalized spacial score (nSPS) is 11.7. The fourth-order valence-corrected chi connectivity index (χ4v) is 7.26. The molecule has 8 aromatic carbocycles. The minimum atomic E-state index is 0.621. The number of rotatable bonds is 4. The lowest BCUT2D eigenvalue weighted by Gasteiger charge is -2.13. The van der Waals surface area contributed by atoms with Crippen molar-refractivity contribution < 1.29 is 4.42 Å². The molecule has 0 radical (unpaired) electrons. The molecule has 0 saturated heterocycles. The Morgan fingerprint density at radius 3 is 1.65 bits per heavy atom. The second-order valence-corrected chi connectivity index (χ2v) is 12.4. The van der Waals surface area contributed by atoms with E-state index in [1.165, 1.54) is 16.5 Å². The highest BCUT2D eigenvalue weighted by Crippen LogP contribution is 2.42. The summed E-state index contributed by atoms with van der Waals surface area (Å²) in [6, 6.07) is 56.8. The summed E-state index contributed by atoms with van der Waals surface area (Å²) in [5, 5.41) is 8.98. The number of benzene rings is 8. The van der Waals surface area contributed by atoms with Crippen LogP contribution in [-0.4, -0.2) is 15.0 Å². The summed E-state index contributed by atoms with van der Waals surface area (Å²) in [4.78, 5) is 15.4. The molecule has 4 heteroatoms. The van der Waals surface area contributed by atoms with Crippen molar-refractivity contribution in [1.82, 2.24) is 15.0 Å². The summed E-state index contributed by atoms with van der Waals surface area (Å²) < 4.78 is 6.51. The van der Waals surface area contributed by atoms with Crippen molar-refractivity contribution in [2.75, 3.05) is 0 Å². The summed E-state index contributed by atoms with van der Waals surface area (Å²) in [6.07, 6.45) is 0. The minimum Gasteiger partial charge on any atom is -0.455 e. The van der Waals surface area contributed by atoms with Crippen LogP contribution in [0.25, 0.3) is 99.5 Å². The lowest BCUT2D eigenvalue weighted by molar-refractivity contribution is 0.673. The smallest absolute Gasteiger partial charge is 0.164 e. The summed E-state index contributed by atoms with van der Waals surface area (Å²) in [5.41, 5.74) is 6.94. The first kappa shape index (κ1) is 27.5. The van der Waals surface area contributed by atoms with Gasteiger partial charge in [0.25, 0.3) is 0 Å². The third-order valence-electron chi connectivity index (χ3n) is 9.52. The van der Waals surface area contributed by atoms with Gasteiger partial charge in [0.15, 0.2) is 17.5 Å². The molecule has 0 aliphatic carbocycles. The molecule has 228 valence electrons. The Bertz CT molecular complexity index is 2880. The molecule has 0 fully saturated rings. The van der Waals surface area contributed by atoms with Crippen LogP contribution in [0.5, 0.6) is 0 Å². The van der Waals surface area contributed by atoms with Crippen LogP contribution in [0.1, 0.15) is 0 Å². The largest absolute Gasteiger partial charge is 0.455 e. The first-order valence-electron chi connectivity index (χ1n) is 16.5. The van der Waals surface area contributed by atoms with Gasteiger partial charge in [-0.2, -0.15) is 0 Å². The van der Waals surface area contributed by atoms with Crippen molar-refractivity contribution in [3.05, 3.63) is 164 Å². The van der Waals surface area contributed by atoms with E-state index in [1.807, 2.05) is 48.5 Å². The first-order chi connectivity index (χ1) is 24.3. The topological polar surface area (TPSA) is 51.8 Å². The third-order valence-corrected chi connectivity index (χ3v) is 9.52. The highest BCUT2D eigenvalue weighted by Gasteiger charge is 2.19. The molecular formula is C45H27N3O. The average Bonchev–Trinajstić information content (AvgIpc) is 3.58. The van der Waals surface area contributed by atoms with Gasteiger partial charge < -0.3 is 4.42 Å². The molecule has 0 saturated carbocycles. The molecule has 2 heterocycles. The van der Waals surface area contributed by atoms with Gasteiger partial charge in [-0.05, 0) is 50.2 Å². The molecule has 49 heavy (non-hydrogen) atoms. The SMILES string of the molecule is c1ccc(-c2nc(-c3ccc4c5ccccc5c5oc6ccccc6c5c4c3)nc(-c3cccc4c(-c5ccccc5)cccc34)n2)cc1. The first-order valence-corrected chi connectivity index (χ1v) is 16.5. The van der Waals surface area contributed by atoms with Gasteiger partial charge in [0.05, 0.1) is 0 Å². The molecule has 0 unspecified atom stereocenters. The molecule has 0 aliphatic rings. The number of aromatic nitrogens is 3. The minimum absolute atomic E-state index is 0.621. The van der Waals surface area contributed by atoms with Gasteiger partial charge in [-0.15, -0.1) is 0 Å². The predicted octanol–water partition coefficient (Wildman–Crippen LogP) is 11.9. The lowest BCUT2D eigenvalue weighted by atomic mass is 9.95. The second-order valence-electron chi connectivity index (χ2n) is 12.4. The van der Waals surface area contributed by atoms with E-state index in [9.17, 15) is 0 Å². The zero-order chi connectivity index (χ0) is 32.3. The number of hydrogen-bond acceptors (Lipinski definition) is 4. The van der Waals surface area contributed by atoms with E-state index in [0.29, 0.717) is 17.5 Å². The van der Waals surface area contributed by atoms with Crippen LogP contribution in [0.3, 0.4) is 0 Å². The van der Waals surface area contributed by atoms with Crippen LogP contribution in [0.4, 0.5) is 0 Å². The van der Waals surface area contributed by atoms with Crippen molar-refractivity contribution in [3.8, 4) is 45.3 Å². The van der Waals surface area contributed by atoms with E-state index in [0.717, 1.165) is 65.6 Å². The maximum atomic E-state index is 6.51. The molecule has 10 aromatic rings. The monoisotopic (exact) mass is 625 g/mol. The zero-order valence-electron chi connectivity index (χ0n) is 26.3. The molecule has 0 bridgehead atoms. The molecule has 0 spiro atoms. The van der Waals surface area contributed by atoms with Crippen molar-refractivity contribution in [2.24, 2.45) is 0 Å². The lowest BCUT2D eigenvalue weighted by Crippen LogP contribution is -2.00. The molecular weight excluding hydrogens is 599 g/mol. The average molecular weight is 626 g/mol. The van der Waals surface area contributed by atoms with E-state index in [4.69, 9.17) is 19.4 Å². The molecule has 0 aliphatic heterocycles. The van der Waals surface area contributed by atoms with Crippen molar-refractivity contribution in [3.63, 3.8) is 0 Å². The highest BCUT2D eigenvalue weighted by molar-refractivity contribution is 6.30. The van der Waals surface area contributed by atoms with Crippen molar-refractivity contribution in [2.45, 2.75) is 0 Å². The number of furan rings is 1. The Labute approximate surface area is 282 Å². The van der Waals surface area contributed by atoms with Crippen molar-refractivity contribution >= 4 is 54.3 Å². The van der Waals surface area contributed by atoms with Gasteiger partial charge in [0.1, 0.15) is 11.2 Å². The molecule has 0 atom stereocenters. The standard InChI is InChI=1S/C45H27N3O/c1-3-13-28(14-4-1)31-20-11-22-34-32(31)21-12-23-37(34)45-47-43(29-15-5-2-6-16-29)46-44(48-45)30-25-26-35-33-17-7-8-18-36(33)42-41(39(35)27-30)38-19-9-10-24-40(38)49-42/h1-27H. The quantitative estimate of drug-likeness (QED) is 0.183. The predicted molar refractivity (Wildman–Crippen MR) is 201 cm³/mol. The zero-order valence-corrected chi connectivity index (χ0v) is 26.3. The van der Waals surface area contributed by atoms with E-state index in [-0.39, 0.29) is 0 Å². The van der Waals surface area contributed by atoms with Crippen LogP contribution < -0.4 is 0 Å². The van der Waals surface area contributed by atoms with Crippen LogP contribution in [-0.2, 0) is 0 Å². The van der Waals surface area contributed by atoms with Crippen LogP contribution in [0, 0.1) is 0 Å². The highest BCUT2D eigenvalue weighted by atomic mass is 16.3. The maximum absolute atomic E-state index is 6.51. The van der Waals surface area contributed by atoms with Gasteiger partial charge in [0.2, 0.25) is 0 Å². The van der Waals surface area contributed by atoms with Gasteiger partial charge in [0, 0.05) is 32.8 Å². The number of hydrogen-bond donors (Lipinski definition) is 0. The molecule has 0 N–H and O–H groups in total. The van der Waals surface area contributed by atoms with Crippen LogP contribution in [0.15, 0.2) is 168 Å². The summed E-state index contributed by atoms with van der Waals surface area (Å²) in [6.45, 7) is 0. The van der Waals surface area contributed by atoms with Crippen molar-refractivity contribution in [1.29, 1.82) is 0 Å². The fourth-order valence-electron chi connectivity index (χ4n) is 7.26. The molecule has 2 aromatic heterocycles. The summed E-state index contributed by atoms with van der Waals surface area (Å²) in [5.74, 6) is 1.89. The molecule has 0 amide bonds. The number of para-hydroxylation sites is 1. The fraction of sp³-hybridized carbons (Fsp3) is 0. The summed E-state index contributed by atoms with van der Waals surface area (Å²) >= 11 is 0. The second kappa shape index (κ2) is 11.0. The van der Waals surface area contributed by atoms with Crippen LogP contribution >= 0.6 is 0 Å². The van der Waals surface area contributed by atoms with Gasteiger partial charge in [-0.3, -0.25) is 0 Å². The van der Waals surface area contributed by atoms with Gasteiger partial charge in [-0.1, -0.05) is 152 Å². The van der Waals surface area contributed by atoms with E-state index < -0.39 is 0 Å². The van der Waals surface area contributed by atoms with E-state index >= 15 is 0 Å². The number of nitrogens with zero attached hydrogens (tertiary/aromatic N) is 3. The maximum Gasteiger partial charge on any atom is 0.164 e. The van der Waals surface area contributed by atoms with E-state index in [1.54, 1.807) is 0 Å². The Morgan fingerprint density at radius 2 is 0.878 bits per heavy atom.